The third kappa shape index (κ3) is 4.39. The average Bonchev–Trinajstić information content (AvgIpc) is 3.19. The molecule has 1 amide bonds. The van der Waals surface area contributed by atoms with Crippen LogP contribution in [0.3, 0.4) is 0 Å². The predicted octanol–water partition coefficient (Wildman–Crippen LogP) is 5.61. The number of H-pyrrole nitrogens is 1. The van der Waals surface area contributed by atoms with Gasteiger partial charge in [0.25, 0.3) is 0 Å². The third-order valence-corrected chi connectivity index (χ3v) is 12.0. The Hall–Kier alpha value is -2.08. The summed E-state index contributed by atoms with van der Waals surface area (Å²) in [5, 5.41) is 6.61. The Labute approximate surface area is 203 Å². The number of halogens is 1. The zero-order valence-corrected chi connectivity index (χ0v) is 22.1. The van der Waals surface area contributed by atoms with Crippen molar-refractivity contribution in [3.63, 3.8) is 0 Å². The summed E-state index contributed by atoms with van der Waals surface area (Å²) in [6.07, 6.45) is 2.91. The van der Waals surface area contributed by atoms with Gasteiger partial charge < -0.3 is 15.0 Å². The van der Waals surface area contributed by atoms with Gasteiger partial charge in [-0.15, -0.1) is 0 Å². The first-order valence-corrected chi connectivity index (χ1v) is 15.5. The van der Waals surface area contributed by atoms with E-state index in [0.29, 0.717) is 13.0 Å². The molecule has 176 valence electrons. The molecular formula is C27H35ClN2O2Si. The second-order valence-electron chi connectivity index (χ2n) is 9.81. The normalized spacial score (nSPS) is 19.3. The maximum Gasteiger partial charge on any atom is 0.223 e. The van der Waals surface area contributed by atoms with Crippen LogP contribution in [0.2, 0.25) is 18.1 Å². The first-order chi connectivity index (χ1) is 15.7. The van der Waals surface area contributed by atoms with Gasteiger partial charge in [-0.3, -0.25) is 4.79 Å². The van der Waals surface area contributed by atoms with Gasteiger partial charge in [0.1, 0.15) is 13.7 Å². The third-order valence-electron chi connectivity index (χ3n) is 7.66. The number of carbonyl (C=O) groups is 1. The van der Waals surface area contributed by atoms with Crippen molar-refractivity contribution >= 4 is 41.7 Å². The number of rotatable bonds is 7. The zero-order chi connectivity index (χ0) is 23.8. The van der Waals surface area contributed by atoms with E-state index in [1.54, 1.807) is 0 Å². The summed E-state index contributed by atoms with van der Waals surface area (Å²) in [7, 11) is -1.92. The number of nitrogens with one attached hydrogen (secondary N) is 2. The molecule has 33 heavy (non-hydrogen) atoms. The van der Waals surface area contributed by atoms with Gasteiger partial charge in [-0.05, 0) is 49.4 Å². The summed E-state index contributed by atoms with van der Waals surface area (Å²) >= 11 is 6.08. The number of para-hydroxylation sites is 1. The van der Waals surface area contributed by atoms with Crippen LogP contribution >= 0.6 is 11.6 Å². The van der Waals surface area contributed by atoms with E-state index in [0.717, 1.165) is 30.0 Å². The van der Waals surface area contributed by atoms with Gasteiger partial charge in [-0.2, -0.15) is 0 Å². The molecule has 0 saturated carbocycles. The summed E-state index contributed by atoms with van der Waals surface area (Å²) < 4.78 is 6.38. The van der Waals surface area contributed by atoms with Crippen molar-refractivity contribution in [2.75, 3.05) is 6.61 Å². The molecule has 2 atom stereocenters. The van der Waals surface area contributed by atoms with Gasteiger partial charge in [0.15, 0.2) is 0 Å². The number of aryl methyl sites for hydroxylation is 1. The Balaban J connectivity index is 1.59. The second-order valence-corrected chi connectivity index (χ2v) is 15.1. The van der Waals surface area contributed by atoms with Gasteiger partial charge in [0.05, 0.1) is 18.7 Å². The number of fused-ring (bicyclic) bond motifs is 3. The quantitative estimate of drug-likeness (QED) is 0.430. The van der Waals surface area contributed by atoms with Crippen LogP contribution in [0.25, 0.3) is 10.9 Å². The molecule has 0 aliphatic carbocycles. The van der Waals surface area contributed by atoms with Crippen LogP contribution in [0.15, 0.2) is 42.5 Å². The molecule has 2 heterocycles. The fourth-order valence-electron chi connectivity index (χ4n) is 5.10. The molecule has 1 aliphatic rings. The summed E-state index contributed by atoms with van der Waals surface area (Å²) in [6.45, 7) is 11.6. The Bertz CT molecular complexity index is 1150. The van der Waals surface area contributed by atoms with Crippen molar-refractivity contribution in [1.29, 1.82) is 0 Å². The van der Waals surface area contributed by atoms with Crippen LogP contribution in [0, 0.1) is 0 Å². The Kier molecular flexibility index (Phi) is 6.77. The van der Waals surface area contributed by atoms with Crippen LogP contribution in [0.4, 0.5) is 0 Å². The number of aromatic amines is 1. The van der Waals surface area contributed by atoms with Gasteiger partial charge in [0, 0.05) is 21.6 Å². The SMILES string of the molecule is CCc1cccc2c3c([nH]c12)C(CC)(CC(=O)NC(C)[Si](C)(C)c1ccc(Cl)cc1)OCC3. The lowest BCUT2D eigenvalue weighted by Gasteiger charge is -2.37. The number of amides is 1. The minimum absolute atomic E-state index is 0.0427. The molecule has 1 aromatic heterocycles. The summed E-state index contributed by atoms with van der Waals surface area (Å²) in [5.74, 6) is 0.0427. The molecule has 0 radical (unpaired) electrons. The van der Waals surface area contributed by atoms with E-state index in [1.807, 2.05) is 12.1 Å². The van der Waals surface area contributed by atoms with E-state index in [4.69, 9.17) is 16.3 Å². The molecule has 3 aromatic rings. The molecule has 0 fully saturated rings. The highest BCUT2D eigenvalue weighted by molar-refractivity contribution is 6.91. The first kappa shape index (κ1) is 24.1. The number of hydrogen-bond acceptors (Lipinski definition) is 2. The molecule has 2 aromatic carbocycles. The van der Waals surface area contributed by atoms with Crippen LogP contribution in [0.1, 0.15) is 50.4 Å². The fraction of sp³-hybridized carbons (Fsp3) is 0.444. The monoisotopic (exact) mass is 482 g/mol. The highest BCUT2D eigenvalue weighted by atomic mass is 35.5. The molecule has 2 N–H and O–H groups in total. The summed E-state index contributed by atoms with van der Waals surface area (Å²) in [5.41, 5.74) is 4.36. The van der Waals surface area contributed by atoms with Crippen molar-refractivity contribution in [1.82, 2.24) is 10.3 Å². The van der Waals surface area contributed by atoms with Crippen molar-refractivity contribution in [3.05, 3.63) is 64.3 Å². The van der Waals surface area contributed by atoms with Crippen molar-refractivity contribution in [2.24, 2.45) is 0 Å². The Morgan fingerprint density at radius 3 is 2.61 bits per heavy atom. The smallest absolute Gasteiger partial charge is 0.223 e. The number of benzene rings is 2. The molecule has 4 nitrogen and oxygen atoms in total. The van der Waals surface area contributed by atoms with Crippen molar-refractivity contribution < 1.29 is 9.53 Å². The summed E-state index contributed by atoms with van der Waals surface area (Å²) in [4.78, 5) is 17.1. The molecule has 0 bridgehead atoms. The van der Waals surface area contributed by atoms with E-state index in [9.17, 15) is 4.79 Å². The number of ether oxygens (including phenoxy) is 1. The average molecular weight is 483 g/mol. The maximum atomic E-state index is 13.4. The van der Waals surface area contributed by atoms with Crippen molar-refractivity contribution in [3.8, 4) is 0 Å². The lowest BCUT2D eigenvalue weighted by Crippen LogP contribution is -2.59. The van der Waals surface area contributed by atoms with E-state index in [2.05, 4.69) is 74.5 Å². The van der Waals surface area contributed by atoms with E-state index in [1.165, 1.54) is 27.2 Å². The minimum atomic E-state index is -1.92. The van der Waals surface area contributed by atoms with Gasteiger partial charge >= 0.3 is 0 Å². The molecule has 4 rings (SSSR count). The highest BCUT2D eigenvalue weighted by Gasteiger charge is 2.42. The zero-order valence-electron chi connectivity index (χ0n) is 20.3. The molecule has 0 saturated heterocycles. The number of aromatic nitrogens is 1. The number of carbonyl (C=O) groups excluding carboxylic acids is 1. The second kappa shape index (κ2) is 9.28. The van der Waals surface area contributed by atoms with Gasteiger partial charge in [-0.1, -0.05) is 74.1 Å². The minimum Gasteiger partial charge on any atom is -0.368 e. The molecule has 0 spiro atoms. The number of hydrogen-bond donors (Lipinski definition) is 2. The topological polar surface area (TPSA) is 54.1 Å². The molecular weight excluding hydrogens is 448 g/mol. The first-order valence-electron chi connectivity index (χ1n) is 12.0. The van der Waals surface area contributed by atoms with Crippen LogP contribution in [0.5, 0.6) is 0 Å². The molecule has 1 aliphatic heterocycles. The molecule has 6 heteroatoms. The fourth-order valence-corrected chi connectivity index (χ4v) is 7.28. The Morgan fingerprint density at radius 1 is 1.21 bits per heavy atom. The van der Waals surface area contributed by atoms with E-state index in [-0.39, 0.29) is 11.6 Å². The predicted molar refractivity (Wildman–Crippen MR) is 140 cm³/mol. The summed E-state index contributed by atoms with van der Waals surface area (Å²) in [6, 6.07) is 14.6. The maximum absolute atomic E-state index is 13.4. The molecule has 2 unspecified atom stereocenters. The van der Waals surface area contributed by atoms with Crippen LogP contribution in [-0.4, -0.2) is 31.2 Å². The van der Waals surface area contributed by atoms with E-state index >= 15 is 0 Å². The van der Waals surface area contributed by atoms with Gasteiger partial charge in [-0.25, -0.2) is 0 Å². The standard InChI is InChI=1S/C27H35ClN2O2Si/c1-6-19-9-8-10-22-23-15-16-32-27(7-2,26(23)30-25(19)22)17-24(31)29-18(3)33(4,5)21-13-11-20(28)12-14-21/h8-14,18,30H,6-7,15-17H2,1-5H3,(H,29,31). The van der Waals surface area contributed by atoms with Crippen molar-refractivity contribution in [2.45, 2.75) is 70.8 Å². The highest BCUT2D eigenvalue weighted by Crippen LogP contribution is 2.42. The Morgan fingerprint density at radius 2 is 1.94 bits per heavy atom. The van der Waals surface area contributed by atoms with Crippen LogP contribution in [-0.2, 0) is 28.0 Å². The largest absolute Gasteiger partial charge is 0.368 e. The van der Waals surface area contributed by atoms with Crippen LogP contribution < -0.4 is 10.5 Å². The lowest BCUT2D eigenvalue weighted by molar-refractivity contribution is -0.133. The lowest BCUT2D eigenvalue weighted by atomic mass is 9.86. The van der Waals surface area contributed by atoms with E-state index < -0.39 is 13.7 Å². The van der Waals surface area contributed by atoms with Gasteiger partial charge in [0.2, 0.25) is 5.91 Å².